The summed E-state index contributed by atoms with van der Waals surface area (Å²) in [6.07, 6.45) is 1.20. The fourth-order valence-corrected chi connectivity index (χ4v) is 1.39. The van der Waals surface area contributed by atoms with E-state index in [0.29, 0.717) is 12.3 Å². The smallest absolute Gasteiger partial charge is 0.338 e. The molecule has 2 rings (SSSR count). The minimum atomic E-state index is -1.02. The third kappa shape index (κ3) is 2.78. The molecule has 0 radical (unpaired) electrons. The summed E-state index contributed by atoms with van der Waals surface area (Å²) >= 11 is 0. The second-order valence-corrected chi connectivity index (χ2v) is 3.51. The highest BCUT2D eigenvalue weighted by Crippen LogP contribution is 2.17. The van der Waals surface area contributed by atoms with Crippen LogP contribution in [-0.4, -0.2) is 16.2 Å². The predicted molar refractivity (Wildman–Crippen MR) is 61.1 cm³/mol. The Morgan fingerprint density at radius 2 is 2.18 bits per heavy atom. The van der Waals surface area contributed by atoms with Crippen LogP contribution in [0.2, 0.25) is 0 Å². The molecule has 17 heavy (non-hydrogen) atoms. The minimum Gasteiger partial charge on any atom is -0.508 e. The summed E-state index contributed by atoms with van der Waals surface area (Å²) in [7, 11) is 0. The lowest BCUT2D eigenvalue weighted by molar-refractivity contribution is 0.0696. The van der Waals surface area contributed by atoms with Gasteiger partial charge in [-0.2, -0.15) is 0 Å². The number of benzene rings is 1. The molecule has 0 bridgehead atoms. The van der Waals surface area contributed by atoms with Crippen molar-refractivity contribution in [2.24, 2.45) is 0 Å². The SMILES string of the molecule is O=C(O)c1coc(CNc2cccc(O)c2)c1. The number of anilines is 1. The Labute approximate surface area is 97.3 Å². The Balaban J connectivity index is 2.00. The standard InChI is InChI=1S/C12H11NO4/c14-10-3-1-2-9(5-10)13-6-11-4-8(7-17-11)12(15)16/h1-5,7,13-14H,6H2,(H,15,16). The molecule has 0 saturated heterocycles. The van der Waals surface area contributed by atoms with Crippen molar-refractivity contribution in [3.05, 3.63) is 47.9 Å². The Morgan fingerprint density at radius 1 is 1.35 bits per heavy atom. The van der Waals surface area contributed by atoms with Crippen molar-refractivity contribution in [3.8, 4) is 5.75 Å². The molecule has 3 N–H and O–H groups in total. The van der Waals surface area contributed by atoms with E-state index in [9.17, 15) is 9.90 Å². The van der Waals surface area contributed by atoms with Crippen LogP contribution in [0.3, 0.4) is 0 Å². The van der Waals surface area contributed by atoms with Crippen LogP contribution in [0.5, 0.6) is 5.75 Å². The number of hydrogen-bond acceptors (Lipinski definition) is 4. The molecule has 2 aromatic rings. The van der Waals surface area contributed by atoms with Crippen LogP contribution in [0.1, 0.15) is 16.1 Å². The lowest BCUT2D eigenvalue weighted by Gasteiger charge is -2.03. The van der Waals surface area contributed by atoms with Gasteiger partial charge in [0.15, 0.2) is 0 Å². The highest BCUT2D eigenvalue weighted by Gasteiger charge is 2.07. The topological polar surface area (TPSA) is 82.7 Å². The minimum absolute atomic E-state index is 0.123. The summed E-state index contributed by atoms with van der Waals surface area (Å²) in [6.45, 7) is 0.358. The fraction of sp³-hybridized carbons (Fsp3) is 0.0833. The Morgan fingerprint density at radius 3 is 2.82 bits per heavy atom. The summed E-state index contributed by atoms with van der Waals surface area (Å²) < 4.78 is 5.07. The van der Waals surface area contributed by atoms with E-state index in [1.165, 1.54) is 12.3 Å². The first-order valence-electron chi connectivity index (χ1n) is 4.99. The molecule has 5 heteroatoms. The van der Waals surface area contributed by atoms with Gasteiger partial charge < -0.3 is 19.9 Å². The van der Waals surface area contributed by atoms with Gasteiger partial charge in [-0.1, -0.05) is 6.07 Å². The number of hydrogen-bond donors (Lipinski definition) is 3. The summed E-state index contributed by atoms with van der Waals surface area (Å²) in [5, 5.41) is 21.0. The van der Waals surface area contributed by atoms with E-state index < -0.39 is 5.97 Å². The molecular weight excluding hydrogens is 222 g/mol. The molecule has 0 aliphatic carbocycles. The molecule has 5 nitrogen and oxygen atoms in total. The van der Waals surface area contributed by atoms with E-state index in [1.807, 2.05) is 0 Å². The lowest BCUT2D eigenvalue weighted by Crippen LogP contribution is -1.98. The van der Waals surface area contributed by atoms with E-state index >= 15 is 0 Å². The van der Waals surface area contributed by atoms with E-state index in [-0.39, 0.29) is 11.3 Å². The maximum absolute atomic E-state index is 10.6. The zero-order valence-electron chi connectivity index (χ0n) is 8.88. The molecule has 1 aromatic heterocycles. The van der Waals surface area contributed by atoms with Gasteiger partial charge in [-0.05, 0) is 18.2 Å². The Hall–Kier alpha value is -2.43. The zero-order chi connectivity index (χ0) is 12.3. The van der Waals surface area contributed by atoms with Crippen molar-refractivity contribution in [2.45, 2.75) is 6.54 Å². The normalized spacial score (nSPS) is 10.1. The summed E-state index contributed by atoms with van der Waals surface area (Å²) in [5.41, 5.74) is 0.857. The van der Waals surface area contributed by atoms with Gasteiger partial charge in [0, 0.05) is 11.8 Å². The molecule has 0 aliphatic rings. The van der Waals surface area contributed by atoms with Gasteiger partial charge in [-0.3, -0.25) is 0 Å². The van der Waals surface area contributed by atoms with E-state index in [0.717, 1.165) is 5.69 Å². The first kappa shape index (κ1) is 11.1. The zero-order valence-corrected chi connectivity index (χ0v) is 8.88. The molecule has 88 valence electrons. The van der Waals surface area contributed by atoms with Crippen LogP contribution < -0.4 is 5.32 Å². The van der Waals surface area contributed by atoms with Crippen molar-refractivity contribution >= 4 is 11.7 Å². The molecule has 0 atom stereocenters. The monoisotopic (exact) mass is 233 g/mol. The number of carbonyl (C=O) groups is 1. The van der Waals surface area contributed by atoms with Crippen LogP contribution in [0.25, 0.3) is 0 Å². The van der Waals surface area contributed by atoms with Crippen molar-refractivity contribution in [1.82, 2.24) is 0 Å². The number of aromatic hydroxyl groups is 1. The summed E-state index contributed by atoms with van der Waals surface area (Å²) in [4.78, 5) is 10.6. The maximum Gasteiger partial charge on any atom is 0.338 e. The number of carboxylic acid groups (broad SMARTS) is 1. The van der Waals surface area contributed by atoms with Crippen LogP contribution in [-0.2, 0) is 6.54 Å². The van der Waals surface area contributed by atoms with Crippen molar-refractivity contribution < 1.29 is 19.4 Å². The van der Waals surface area contributed by atoms with Crippen LogP contribution in [0.15, 0.2) is 41.0 Å². The second-order valence-electron chi connectivity index (χ2n) is 3.51. The average molecular weight is 233 g/mol. The maximum atomic E-state index is 10.6. The van der Waals surface area contributed by atoms with Gasteiger partial charge in [0.2, 0.25) is 0 Å². The molecule has 0 fully saturated rings. The first-order chi connectivity index (χ1) is 8.15. The molecule has 1 aromatic carbocycles. The largest absolute Gasteiger partial charge is 0.508 e. The van der Waals surface area contributed by atoms with E-state index in [1.54, 1.807) is 24.3 Å². The van der Waals surface area contributed by atoms with Gasteiger partial charge in [0.25, 0.3) is 0 Å². The first-order valence-corrected chi connectivity index (χ1v) is 4.99. The van der Waals surface area contributed by atoms with Crippen molar-refractivity contribution in [2.75, 3.05) is 5.32 Å². The molecule has 0 amide bonds. The van der Waals surface area contributed by atoms with Gasteiger partial charge in [-0.15, -0.1) is 0 Å². The third-order valence-corrected chi connectivity index (χ3v) is 2.21. The molecular formula is C12H11NO4. The molecule has 0 spiro atoms. The van der Waals surface area contributed by atoms with Crippen LogP contribution >= 0.6 is 0 Å². The summed E-state index contributed by atoms with van der Waals surface area (Å²) in [6, 6.07) is 8.10. The van der Waals surface area contributed by atoms with Gasteiger partial charge >= 0.3 is 5.97 Å². The number of rotatable bonds is 4. The number of carboxylic acids is 1. The van der Waals surface area contributed by atoms with E-state index in [2.05, 4.69) is 5.32 Å². The van der Waals surface area contributed by atoms with Crippen LogP contribution in [0.4, 0.5) is 5.69 Å². The lowest BCUT2D eigenvalue weighted by atomic mass is 10.3. The Bertz CT molecular complexity index is 533. The fourth-order valence-electron chi connectivity index (χ4n) is 1.39. The highest BCUT2D eigenvalue weighted by atomic mass is 16.4. The predicted octanol–water partition coefficient (Wildman–Crippen LogP) is 2.30. The number of nitrogens with one attached hydrogen (secondary N) is 1. The molecule has 1 heterocycles. The number of aromatic carboxylic acids is 1. The average Bonchev–Trinajstić information content (AvgIpc) is 2.75. The quantitative estimate of drug-likeness (QED) is 0.754. The van der Waals surface area contributed by atoms with E-state index in [4.69, 9.17) is 9.52 Å². The highest BCUT2D eigenvalue weighted by molar-refractivity contribution is 5.87. The van der Waals surface area contributed by atoms with Crippen LogP contribution in [0, 0.1) is 0 Å². The van der Waals surface area contributed by atoms with Gasteiger partial charge in [0.1, 0.15) is 17.8 Å². The van der Waals surface area contributed by atoms with Gasteiger partial charge in [0.05, 0.1) is 12.1 Å². The van der Waals surface area contributed by atoms with Gasteiger partial charge in [-0.25, -0.2) is 4.79 Å². The van der Waals surface area contributed by atoms with Crippen molar-refractivity contribution in [3.63, 3.8) is 0 Å². The number of phenols is 1. The van der Waals surface area contributed by atoms with Crippen molar-refractivity contribution in [1.29, 1.82) is 0 Å². The molecule has 0 unspecified atom stereocenters. The Kier molecular flexibility index (Phi) is 3.00. The number of furan rings is 1. The molecule has 0 saturated carbocycles. The second kappa shape index (κ2) is 4.61. The summed E-state index contributed by atoms with van der Waals surface area (Å²) in [5.74, 6) is -0.330. The molecule has 0 aliphatic heterocycles. The number of phenolic OH excluding ortho intramolecular Hbond substituents is 1. The third-order valence-electron chi connectivity index (χ3n) is 2.21.